The van der Waals surface area contributed by atoms with Gasteiger partial charge in [0.15, 0.2) is 5.60 Å². The first-order valence-corrected chi connectivity index (χ1v) is 18.9. The number of carbonyl (C=O) groups excluding carboxylic acids is 5. The molecule has 3 fully saturated rings. The predicted molar refractivity (Wildman–Crippen MR) is 198 cm³/mol. The van der Waals surface area contributed by atoms with Gasteiger partial charge in [0.2, 0.25) is 0 Å². The van der Waals surface area contributed by atoms with Crippen LogP contribution >= 0.6 is 0 Å². The summed E-state index contributed by atoms with van der Waals surface area (Å²) < 4.78 is 30.6. The Kier molecular flexibility index (Phi) is 10.6. The zero-order valence-corrected chi connectivity index (χ0v) is 32.6. The van der Waals surface area contributed by atoms with Crippen LogP contribution in [0.1, 0.15) is 109 Å². The minimum Gasteiger partial charge on any atom is -0.458 e. The molecule has 4 aliphatic rings. The molecule has 54 heavy (non-hydrogen) atoms. The molecule has 2 aromatic carbocycles. The first kappa shape index (κ1) is 39.2. The van der Waals surface area contributed by atoms with Crippen LogP contribution in [0.25, 0.3) is 0 Å². The number of benzene rings is 2. The number of alkyl carbamates (subject to hydrolysis) is 1. The highest BCUT2D eigenvalue weighted by molar-refractivity contribution is 5.90. The van der Waals surface area contributed by atoms with Crippen molar-refractivity contribution in [3.8, 4) is 0 Å². The Morgan fingerprint density at radius 1 is 0.963 bits per heavy atom. The number of ether oxygens (including phenoxy) is 5. The van der Waals surface area contributed by atoms with Gasteiger partial charge in [0, 0.05) is 24.7 Å². The van der Waals surface area contributed by atoms with Crippen LogP contribution in [0.4, 0.5) is 4.79 Å². The molecule has 1 saturated heterocycles. The molecule has 3 aliphatic carbocycles. The van der Waals surface area contributed by atoms with E-state index in [1.54, 1.807) is 45.0 Å². The van der Waals surface area contributed by atoms with Gasteiger partial charge in [-0.25, -0.2) is 9.59 Å². The van der Waals surface area contributed by atoms with Crippen molar-refractivity contribution in [1.82, 2.24) is 5.32 Å². The van der Waals surface area contributed by atoms with Crippen molar-refractivity contribution >= 4 is 29.8 Å². The zero-order valence-electron chi connectivity index (χ0n) is 32.6. The topological polar surface area (TPSA) is 144 Å². The number of carbonyl (C=O) groups is 5. The fourth-order valence-electron chi connectivity index (χ4n) is 9.44. The first-order chi connectivity index (χ1) is 25.4. The third-order valence-corrected chi connectivity index (χ3v) is 12.1. The fourth-order valence-corrected chi connectivity index (χ4v) is 9.44. The first-order valence-electron chi connectivity index (χ1n) is 18.9. The lowest BCUT2D eigenvalue weighted by Crippen LogP contribution is -2.75. The number of hydrogen-bond donors (Lipinski definition) is 1. The number of amides is 1. The summed E-state index contributed by atoms with van der Waals surface area (Å²) in [5.41, 5.74) is -0.981. The monoisotopic (exact) mass is 743 g/mol. The predicted octanol–water partition coefficient (Wildman–Crippen LogP) is 7.23. The molecule has 6 rings (SSSR count). The molecule has 1 heterocycles. The van der Waals surface area contributed by atoms with Gasteiger partial charge in [0.1, 0.15) is 29.7 Å². The van der Waals surface area contributed by atoms with E-state index in [4.69, 9.17) is 23.7 Å². The third kappa shape index (κ3) is 7.44. The molecule has 11 nitrogen and oxygen atoms in total. The molecule has 2 aromatic rings. The van der Waals surface area contributed by atoms with Crippen molar-refractivity contribution in [1.29, 1.82) is 0 Å². The van der Waals surface area contributed by atoms with E-state index in [0.29, 0.717) is 24.0 Å². The van der Waals surface area contributed by atoms with E-state index < -0.39 is 82.2 Å². The summed E-state index contributed by atoms with van der Waals surface area (Å²) in [4.78, 5) is 68.4. The van der Waals surface area contributed by atoms with Crippen LogP contribution in [0.5, 0.6) is 0 Å². The maximum absolute atomic E-state index is 14.8. The minimum atomic E-state index is -1.19. The second-order valence-corrected chi connectivity index (χ2v) is 17.1. The molecule has 0 aromatic heterocycles. The van der Waals surface area contributed by atoms with Crippen LogP contribution in [-0.4, -0.2) is 65.9 Å². The van der Waals surface area contributed by atoms with E-state index in [1.165, 1.54) is 6.92 Å². The van der Waals surface area contributed by atoms with E-state index in [9.17, 15) is 24.0 Å². The minimum absolute atomic E-state index is 0.0521. The van der Waals surface area contributed by atoms with E-state index in [1.807, 2.05) is 64.1 Å². The molecule has 2 unspecified atom stereocenters. The molecular formula is C43H53NO10. The third-order valence-electron chi connectivity index (χ3n) is 12.1. The van der Waals surface area contributed by atoms with Crippen LogP contribution in [0.2, 0.25) is 0 Å². The van der Waals surface area contributed by atoms with Crippen LogP contribution in [0.3, 0.4) is 0 Å². The molecule has 11 heteroatoms. The lowest BCUT2D eigenvalue weighted by atomic mass is 9.47. The van der Waals surface area contributed by atoms with Crippen molar-refractivity contribution in [2.24, 2.45) is 22.7 Å². The van der Waals surface area contributed by atoms with E-state index in [0.717, 1.165) is 11.1 Å². The second kappa shape index (κ2) is 14.6. The average Bonchev–Trinajstić information content (AvgIpc) is 3.08. The summed E-state index contributed by atoms with van der Waals surface area (Å²) in [5, 5.41) is 2.83. The van der Waals surface area contributed by atoms with E-state index in [2.05, 4.69) is 5.32 Å². The highest BCUT2D eigenvalue weighted by atomic mass is 16.6. The van der Waals surface area contributed by atoms with Gasteiger partial charge < -0.3 is 29.0 Å². The van der Waals surface area contributed by atoms with Crippen LogP contribution < -0.4 is 5.32 Å². The van der Waals surface area contributed by atoms with E-state index in [-0.39, 0.29) is 31.7 Å². The van der Waals surface area contributed by atoms with Crippen LogP contribution in [0, 0.1) is 22.7 Å². The van der Waals surface area contributed by atoms with Crippen molar-refractivity contribution in [2.75, 3.05) is 6.61 Å². The van der Waals surface area contributed by atoms with E-state index >= 15 is 0 Å². The molecule has 0 radical (unpaired) electrons. The van der Waals surface area contributed by atoms with Gasteiger partial charge >= 0.3 is 24.0 Å². The smallest absolute Gasteiger partial charge is 0.408 e. The Morgan fingerprint density at radius 2 is 1.61 bits per heavy atom. The Morgan fingerprint density at radius 3 is 2.20 bits per heavy atom. The summed E-state index contributed by atoms with van der Waals surface area (Å²) in [6.07, 6.45) is -1.65. The number of Topliss-reactive ketones (excluding diaryl/α,β-unsaturated/α-hetero) is 1. The molecule has 1 amide bonds. The van der Waals surface area contributed by atoms with Crippen molar-refractivity contribution in [3.05, 3.63) is 82.9 Å². The Hall–Kier alpha value is -4.51. The molecule has 290 valence electrons. The number of fused-ring (bicyclic) bond motifs is 5. The second-order valence-electron chi connectivity index (χ2n) is 17.1. The summed E-state index contributed by atoms with van der Waals surface area (Å²) in [6.45, 7) is 14.6. The van der Waals surface area contributed by atoms with Crippen LogP contribution in [-0.2, 0) is 38.1 Å². The number of nitrogens with one attached hydrogen (secondary N) is 1. The Labute approximate surface area is 317 Å². The largest absolute Gasteiger partial charge is 0.458 e. The molecule has 2 bridgehead atoms. The highest BCUT2D eigenvalue weighted by Gasteiger charge is 2.71. The quantitative estimate of drug-likeness (QED) is 0.167. The molecule has 1 aliphatic heterocycles. The van der Waals surface area contributed by atoms with Gasteiger partial charge in [0.05, 0.1) is 30.6 Å². The highest BCUT2D eigenvalue weighted by Crippen LogP contribution is 2.63. The van der Waals surface area contributed by atoms with Gasteiger partial charge in [-0.1, -0.05) is 74.9 Å². The summed E-state index contributed by atoms with van der Waals surface area (Å²) in [5.74, 6) is -2.88. The normalized spacial score (nSPS) is 30.5. The molecule has 1 N–H and O–H groups in total. The van der Waals surface area contributed by atoms with Crippen molar-refractivity contribution in [3.63, 3.8) is 0 Å². The SMILES string of the molecule is CC(=O)O[C@@]12CO[C@@H]1CC[C@@]1(C)C(=O)CC3=C(C)[C@@H](OC(=O)C[C@@H](NC(=O)OC(C)(C)C)c4ccccc4)CC([C@@H](OC(=O)c4ccccc4)C12)C3(C)C. The lowest BCUT2D eigenvalue weighted by molar-refractivity contribution is -0.319. The molecule has 0 spiro atoms. The maximum atomic E-state index is 14.8. The molecular weight excluding hydrogens is 690 g/mol. The maximum Gasteiger partial charge on any atom is 0.408 e. The number of ketones is 1. The number of rotatable bonds is 8. The number of hydrogen-bond acceptors (Lipinski definition) is 10. The van der Waals surface area contributed by atoms with Gasteiger partial charge in [-0.2, -0.15) is 0 Å². The summed E-state index contributed by atoms with van der Waals surface area (Å²) in [6, 6.07) is 17.1. The van der Waals surface area contributed by atoms with Gasteiger partial charge in [-0.3, -0.25) is 14.4 Å². The Bertz CT molecular complexity index is 1810. The fraction of sp³-hybridized carbons (Fsp3) is 0.558. The molecule has 8 atom stereocenters. The zero-order chi connectivity index (χ0) is 39.2. The summed E-state index contributed by atoms with van der Waals surface area (Å²) >= 11 is 0. The van der Waals surface area contributed by atoms with Crippen molar-refractivity contribution in [2.45, 2.75) is 123 Å². The Balaban J connectivity index is 1.39. The van der Waals surface area contributed by atoms with Gasteiger partial charge in [-0.05, 0) is 75.6 Å². The van der Waals surface area contributed by atoms with Gasteiger partial charge in [-0.15, -0.1) is 0 Å². The average molecular weight is 744 g/mol. The summed E-state index contributed by atoms with van der Waals surface area (Å²) in [7, 11) is 0. The number of esters is 3. The standard InChI is InChI=1S/C43H53NO10/c1-25-29-22-33(46)42(8)20-19-34-43(24-50-34,53-26(2)45)37(42)36(52-38(48)28-17-13-10-14-18-28)30(41(29,6)7)21-32(25)51-35(47)23-31(27-15-11-9-12-16-27)44-39(49)54-40(3,4)5/h9-18,30-32,34,36-37H,19-24H2,1-8H3,(H,44,49)/t30?,31-,32+,34-,36-,37?,42+,43+/m1/s1. The number of allylic oxidation sites excluding steroid dienone is 1. The lowest BCUT2D eigenvalue weighted by Gasteiger charge is -2.64. The molecule has 2 saturated carbocycles. The van der Waals surface area contributed by atoms with Gasteiger partial charge in [0.25, 0.3) is 0 Å². The van der Waals surface area contributed by atoms with Crippen molar-refractivity contribution < 1.29 is 47.7 Å². The van der Waals surface area contributed by atoms with Crippen LogP contribution in [0.15, 0.2) is 71.8 Å².